The van der Waals surface area contributed by atoms with E-state index in [1.54, 1.807) is 0 Å². The van der Waals surface area contributed by atoms with Crippen LogP contribution in [0.4, 0.5) is 0 Å². The zero-order valence-corrected chi connectivity index (χ0v) is 12.9. The highest BCUT2D eigenvalue weighted by atomic mass is 32.2. The van der Waals surface area contributed by atoms with Crippen LogP contribution < -0.4 is 5.32 Å². The monoisotopic (exact) mass is 273 g/mol. The van der Waals surface area contributed by atoms with E-state index in [0.717, 1.165) is 25.9 Å². The van der Waals surface area contributed by atoms with Gasteiger partial charge in [0.1, 0.15) is 0 Å². The van der Waals surface area contributed by atoms with Crippen LogP contribution in [-0.2, 0) is 0 Å². The number of nitrogens with one attached hydrogen (secondary N) is 1. The summed E-state index contributed by atoms with van der Waals surface area (Å²) in [5.41, 5.74) is -0.407. The molecule has 0 aromatic heterocycles. The quantitative estimate of drug-likeness (QED) is 0.497. The van der Waals surface area contributed by atoms with Gasteiger partial charge in [0.25, 0.3) is 0 Å². The van der Waals surface area contributed by atoms with E-state index in [1.165, 1.54) is 57.1 Å². The summed E-state index contributed by atoms with van der Waals surface area (Å²) in [4.78, 5) is 0. The van der Waals surface area contributed by atoms with Crippen molar-refractivity contribution in [2.24, 2.45) is 0 Å². The van der Waals surface area contributed by atoms with Gasteiger partial charge in [0, 0.05) is 6.54 Å². The second kappa shape index (κ2) is 10.1. The van der Waals surface area contributed by atoms with E-state index in [0.29, 0.717) is 0 Å². The van der Waals surface area contributed by atoms with Crippen molar-refractivity contribution in [3.63, 3.8) is 0 Å². The Hall–Kier alpha value is 0.270. The molecule has 0 aromatic carbocycles. The lowest BCUT2D eigenvalue weighted by molar-refractivity contribution is 0.0254. The van der Waals surface area contributed by atoms with Gasteiger partial charge in [0.15, 0.2) is 0 Å². The summed E-state index contributed by atoms with van der Waals surface area (Å²) in [6.45, 7) is 1.87. The van der Waals surface area contributed by atoms with Crippen LogP contribution in [0.2, 0.25) is 0 Å². The van der Waals surface area contributed by atoms with E-state index < -0.39 is 5.60 Å². The van der Waals surface area contributed by atoms with Crippen LogP contribution in [0.5, 0.6) is 0 Å². The Kier molecular flexibility index (Phi) is 9.16. The first-order valence-electron chi connectivity index (χ1n) is 7.69. The smallest absolute Gasteiger partial charge is 0.0771 e. The minimum atomic E-state index is -0.407. The third-order valence-electron chi connectivity index (χ3n) is 3.94. The molecule has 2 N–H and O–H groups in total. The van der Waals surface area contributed by atoms with Gasteiger partial charge in [-0.3, -0.25) is 0 Å². The largest absolute Gasteiger partial charge is 0.389 e. The molecule has 108 valence electrons. The fourth-order valence-corrected chi connectivity index (χ4v) is 3.23. The molecule has 1 aliphatic carbocycles. The third-order valence-corrected chi connectivity index (χ3v) is 4.64. The SMILES string of the molecule is CSCCCCCCNCC1(O)CCCCCC1. The fourth-order valence-electron chi connectivity index (χ4n) is 2.73. The van der Waals surface area contributed by atoms with Gasteiger partial charge in [-0.1, -0.05) is 38.5 Å². The topological polar surface area (TPSA) is 32.3 Å². The Balaban J connectivity index is 1.95. The van der Waals surface area contributed by atoms with Crippen molar-refractivity contribution in [2.75, 3.05) is 25.1 Å². The van der Waals surface area contributed by atoms with Crippen molar-refractivity contribution >= 4 is 11.8 Å². The minimum absolute atomic E-state index is 0.407. The van der Waals surface area contributed by atoms with E-state index >= 15 is 0 Å². The Morgan fingerprint density at radius 1 is 1.00 bits per heavy atom. The molecule has 0 spiro atoms. The standard InChI is InChI=1S/C15H31NOS/c1-18-13-9-5-4-8-12-16-14-15(17)10-6-2-3-7-11-15/h16-17H,2-14H2,1H3. The van der Waals surface area contributed by atoms with Crippen molar-refractivity contribution in [1.29, 1.82) is 0 Å². The molecule has 0 radical (unpaired) electrons. The molecule has 0 amide bonds. The average Bonchev–Trinajstić information content (AvgIpc) is 2.58. The second-order valence-corrected chi connectivity index (χ2v) is 6.71. The molecule has 1 saturated carbocycles. The Labute approximate surface area is 117 Å². The third kappa shape index (κ3) is 7.65. The maximum absolute atomic E-state index is 10.5. The predicted molar refractivity (Wildman–Crippen MR) is 82.4 cm³/mol. The highest BCUT2D eigenvalue weighted by molar-refractivity contribution is 7.98. The lowest BCUT2D eigenvalue weighted by Gasteiger charge is -2.27. The first-order chi connectivity index (χ1) is 8.77. The maximum Gasteiger partial charge on any atom is 0.0771 e. The zero-order chi connectivity index (χ0) is 13.1. The molecule has 1 aliphatic rings. The number of rotatable bonds is 9. The summed E-state index contributed by atoms with van der Waals surface area (Å²) >= 11 is 1.94. The lowest BCUT2D eigenvalue weighted by atomic mass is 9.94. The normalized spacial score (nSPS) is 19.7. The van der Waals surface area contributed by atoms with Gasteiger partial charge in [-0.2, -0.15) is 11.8 Å². The van der Waals surface area contributed by atoms with Crippen LogP contribution >= 0.6 is 11.8 Å². The summed E-state index contributed by atoms with van der Waals surface area (Å²) in [7, 11) is 0. The number of aliphatic hydroxyl groups is 1. The molecule has 1 rings (SSSR count). The van der Waals surface area contributed by atoms with Gasteiger partial charge in [-0.25, -0.2) is 0 Å². The molecule has 0 heterocycles. The Morgan fingerprint density at radius 3 is 2.33 bits per heavy atom. The molecule has 0 atom stereocenters. The van der Waals surface area contributed by atoms with Crippen LogP contribution in [0.3, 0.4) is 0 Å². The fraction of sp³-hybridized carbons (Fsp3) is 1.00. The molecule has 0 unspecified atom stereocenters. The van der Waals surface area contributed by atoms with E-state index in [9.17, 15) is 5.11 Å². The molecule has 0 bridgehead atoms. The molecule has 18 heavy (non-hydrogen) atoms. The highest BCUT2D eigenvalue weighted by Gasteiger charge is 2.26. The second-order valence-electron chi connectivity index (χ2n) is 5.72. The molecule has 0 aromatic rings. The molecule has 3 heteroatoms. The van der Waals surface area contributed by atoms with Crippen LogP contribution in [0.15, 0.2) is 0 Å². The summed E-state index contributed by atoms with van der Waals surface area (Å²) in [6, 6.07) is 0. The van der Waals surface area contributed by atoms with Crippen LogP contribution in [0.1, 0.15) is 64.2 Å². The van der Waals surface area contributed by atoms with E-state index in [1.807, 2.05) is 11.8 Å². The van der Waals surface area contributed by atoms with E-state index in [2.05, 4.69) is 11.6 Å². The number of unbranched alkanes of at least 4 members (excludes halogenated alkanes) is 3. The predicted octanol–water partition coefficient (Wildman–Crippen LogP) is 3.58. The summed E-state index contributed by atoms with van der Waals surface area (Å²) in [5.74, 6) is 1.30. The summed E-state index contributed by atoms with van der Waals surface area (Å²) in [5, 5.41) is 13.9. The van der Waals surface area contributed by atoms with Crippen LogP contribution in [-0.4, -0.2) is 35.8 Å². The molecular formula is C15H31NOS. The van der Waals surface area contributed by atoms with Crippen molar-refractivity contribution in [2.45, 2.75) is 69.8 Å². The van der Waals surface area contributed by atoms with Gasteiger partial charge in [-0.05, 0) is 44.2 Å². The van der Waals surface area contributed by atoms with Gasteiger partial charge in [0.05, 0.1) is 5.60 Å². The highest BCUT2D eigenvalue weighted by Crippen LogP contribution is 2.26. The molecular weight excluding hydrogens is 242 g/mol. The minimum Gasteiger partial charge on any atom is -0.389 e. The van der Waals surface area contributed by atoms with Crippen molar-refractivity contribution < 1.29 is 5.11 Å². The maximum atomic E-state index is 10.5. The van der Waals surface area contributed by atoms with Gasteiger partial charge in [0.2, 0.25) is 0 Å². The Bertz CT molecular complexity index is 191. The van der Waals surface area contributed by atoms with Crippen molar-refractivity contribution in [3.05, 3.63) is 0 Å². The van der Waals surface area contributed by atoms with Gasteiger partial charge < -0.3 is 10.4 Å². The summed E-state index contributed by atoms with van der Waals surface area (Å²) in [6.07, 6.45) is 14.5. The van der Waals surface area contributed by atoms with Gasteiger partial charge in [-0.15, -0.1) is 0 Å². The Morgan fingerprint density at radius 2 is 1.67 bits per heavy atom. The number of thioether (sulfide) groups is 1. The molecule has 2 nitrogen and oxygen atoms in total. The summed E-state index contributed by atoms with van der Waals surface area (Å²) < 4.78 is 0. The van der Waals surface area contributed by atoms with Crippen molar-refractivity contribution in [1.82, 2.24) is 5.32 Å². The zero-order valence-electron chi connectivity index (χ0n) is 12.0. The van der Waals surface area contributed by atoms with E-state index in [-0.39, 0.29) is 0 Å². The first kappa shape index (κ1) is 16.3. The molecule has 0 aliphatic heterocycles. The lowest BCUT2D eigenvalue weighted by Crippen LogP contribution is -2.40. The van der Waals surface area contributed by atoms with Crippen LogP contribution in [0, 0.1) is 0 Å². The number of hydrogen-bond donors (Lipinski definition) is 2. The van der Waals surface area contributed by atoms with Crippen LogP contribution in [0.25, 0.3) is 0 Å². The molecule has 0 saturated heterocycles. The van der Waals surface area contributed by atoms with Gasteiger partial charge >= 0.3 is 0 Å². The molecule has 1 fully saturated rings. The van der Waals surface area contributed by atoms with Crippen molar-refractivity contribution in [3.8, 4) is 0 Å². The first-order valence-corrected chi connectivity index (χ1v) is 9.08. The number of hydrogen-bond acceptors (Lipinski definition) is 3. The average molecular weight is 273 g/mol. The van der Waals surface area contributed by atoms with E-state index in [4.69, 9.17) is 0 Å².